The minimum absolute atomic E-state index is 0.231. The summed E-state index contributed by atoms with van der Waals surface area (Å²) in [5, 5.41) is 0. The van der Waals surface area contributed by atoms with Gasteiger partial charge >= 0.3 is 0 Å². The predicted octanol–water partition coefficient (Wildman–Crippen LogP) is 4.33. The van der Waals surface area contributed by atoms with E-state index < -0.39 is 0 Å². The van der Waals surface area contributed by atoms with E-state index in [0.29, 0.717) is 23.5 Å². The molecule has 0 saturated carbocycles. The summed E-state index contributed by atoms with van der Waals surface area (Å²) < 4.78 is 1.62. The Kier molecular flexibility index (Phi) is 5.94. The molecule has 154 valence electrons. The Morgan fingerprint density at radius 1 is 0.774 bits per heavy atom. The molecule has 0 unspecified atom stereocenters. The van der Waals surface area contributed by atoms with Gasteiger partial charge in [-0.2, -0.15) is 0 Å². The van der Waals surface area contributed by atoms with Crippen molar-refractivity contribution >= 4 is 17.3 Å². The van der Waals surface area contributed by atoms with Gasteiger partial charge in [-0.1, -0.05) is 72.8 Å². The number of nitrogens with zero attached hydrogens (tertiary/aromatic N) is 2. The second-order valence-corrected chi connectivity index (χ2v) is 7.28. The Labute approximate surface area is 181 Å². The fourth-order valence-corrected chi connectivity index (χ4v) is 3.50. The van der Waals surface area contributed by atoms with Crippen LogP contribution in [0.15, 0.2) is 108 Å². The van der Waals surface area contributed by atoms with E-state index in [4.69, 9.17) is 5.73 Å². The van der Waals surface area contributed by atoms with Crippen molar-refractivity contribution in [2.75, 3.05) is 10.6 Å². The molecule has 0 aliphatic heterocycles. The fraction of sp³-hybridized carbons (Fsp3) is 0.0769. The minimum atomic E-state index is -0.309. The SMILES string of the molecule is Nc1ccccc1C(=O)N(Cc1ccccc1)c1cccn(Cc2ccccc2)c1=O. The molecule has 31 heavy (non-hydrogen) atoms. The summed E-state index contributed by atoms with van der Waals surface area (Å²) in [4.78, 5) is 28.4. The average Bonchev–Trinajstić information content (AvgIpc) is 2.80. The van der Waals surface area contributed by atoms with E-state index in [1.165, 1.54) is 4.90 Å². The van der Waals surface area contributed by atoms with Crippen LogP contribution in [0.4, 0.5) is 11.4 Å². The number of pyridine rings is 1. The van der Waals surface area contributed by atoms with Crippen LogP contribution in [0.5, 0.6) is 0 Å². The van der Waals surface area contributed by atoms with Gasteiger partial charge < -0.3 is 10.3 Å². The fourth-order valence-electron chi connectivity index (χ4n) is 3.50. The van der Waals surface area contributed by atoms with Crippen molar-refractivity contribution < 1.29 is 4.79 Å². The molecule has 1 heterocycles. The van der Waals surface area contributed by atoms with Gasteiger partial charge in [0.15, 0.2) is 0 Å². The normalized spacial score (nSPS) is 10.6. The lowest BCUT2D eigenvalue weighted by molar-refractivity contribution is 0.0985. The molecule has 2 N–H and O–H groups in total. The van der Waals surface area contributed by atoms with Gasteiger partial charge in [0.25, 0.3) is 11.5 Å². The second-order valence-electron chi connectivity index (χ2n) is 7.28. The number of aromatic nitrogens is 1. The van der Waals surface area contributed by atoms with Crippen molar-refractivity contribution in [2.24, 2.45) is 0 Å². The van der Waals surface area contributed by atoms with Crippen LogP contribution in [-0.4, -0.2) is 10.5 Å². The molecular weight excluding hydrogens is 386 g/mol. The van der Waals surface area contributed by atoms with E-state index in [0.717, 1.165) is 11.1 Å². The van der Waals surface area contributed by atoms with Crippen LogP contribution < -0.4 is 16.2 Å². The van der Waals surface area contributed by atoms with Crippen LogP contribution >= 0.6 is 0 Å². The van der Waals surface area contributed by atoms with Crippen LogP contribution in [0, 0.1) is 0 Å². The van der Waals surface area contributed by atoms with Gasteiger partial charge in [0, 0.05) is 11.9 Å². The lowest BCUT2D eigenvalue weighted by Gasteiger charge is -2.24. The van der Waals surface area contributed by atoms with Crippen molar-refractivity contribution in [1.29, 1.82) is 0 Å². The molecule has 0 radical (unpaired) electrons. The van der Waals surface area contributed by atoms with Gasteiger partial charge in [0.05, 0.1) is 18.7 Å². The Morgan fingerprint density at radius 2 is 1.39 bits per heavy atom. The van der Waals surface area contributed by atoms with E-state index in [2.05, 4.69) is 0 Å². The summed E-state index contributed by atoms with van der Waals surface area (Å²) in [6, 6.07) is 29.7. The molecule has 0 saturated heterocycles. The number of nitrogen functional groups attached to an aromatic ring is 1. The topological polar surface area (TPSA) is 68.3 Å². The van der Waals surface area contributed by atoms with Crippen LogP contribution in [0.1, 0.15) is 21.5 Å². The first-order chi connectivity index (χ1) is 15.1. The van der Waals surface area contributed by atoms with Crippen molar-refractivity contribution in [3.8, 4) is 0 Å². The number of nitrogens with two attached hydrogens (primary N) is 1. The number of hydrogen-bond acceptors (Lipinski definition) is 3. The summed E-state index contributed by atoms with van der Waals surface area (Å²) in [5.41, 5.74) is 8.84. The molecule has 0 atom stereocenters. The quantitative estimate of drug-likeness (QED) is 0.482. The van der Waals surface area contributed by atoms with Crippen LogP contribution in [0.25, 0.3) is 0 Å². The summed E-state index contributed by atoms with van der Waals surface area (Å²) in [5.74, 6) is -0.309. The molecule has 0 spiro atoms. The van der Waals surface area contributed by atoms with Crippen LogP contribution in [0.3, 0.4) is 0 Å². The molecular formula is C26H23N3O2. The number of carbonyl (C=O) groups is 1. The molecule has 4 rings (SSSR count). The Morgan fingerprint density at radius 3 is 2.06 bits per heavy atom. The second kappa shape index (κ2) is 9.13. The molecule has 1 aromatic heterocycles. The first kappa shape index (κ1) is 20.2. The van der Waals surface area contributed by atoms with Crippen molar-refractivity contribution in [3.63, 3.8) is 0 Å². The molecule has 0 aliphatic carbocycles. The number of hydrogen-bond donors (Lipinski definition) is 1. The average molecular weight is 409 g/mol. The number of rotatable bonds is 6. The smallest absolute Gasteiger partial charge is 0.274 e. The largest absolute Gasteiger partial charge is 0.398 e. The predicted molar refractivity (Wildman–Crippen MR) is 124 cm³/mol. The summed E-state index contributed by atoms with van der Waals surface area (Å²) in [6.45, 7) is 0.687. The first-order valence-electron chi connectivity index (χ1n) is 10.1. The van der Waals surface area contributed by atoms with Crippen molar-refractivity contribution in [2.45, 2.75) is 13.1 Å². The summed E-state index contributed by atoms with van der Waals surface area (Å²) in [6.07, 6.45) is 1.74. The molecule has 1 amide bonds. The Bertz CT molecular complexity index is 1230. The zero-order valence-corrected chi connectivity index (χ0v) is 17.0. The monoisotopic (exact) mass is 409 g/mol. The summed E-state index contributed by atoms with van der Waals surface area (Å²) >= 11 is 0. The van der Waals surface area contributed by atoms with E-state index in [-0.39, 0.29) is 18.0 Å². The van der Waals surface area contributed by atoms with Gasteiger partial charge in [0.1, 0.15) is 5.69 Å². The van der Waals surface area contributed by atoms with Gasteiger partial charge in [0.2, 0.25) is 0 Å². The number of amides is 1. The third kappa shape index (κ3) is 4.56. The first-order valence-corrected chi connectivity index (χ1v) is 10.1. The number of anilines is 2. The Balaban J connectivity index is 1.76. The maximum atomic E-state index is 13.5. The maximum absolute atomic E-state index is 13.5. The van der Waals surface area contributed by atoms with Gasteiger partial charge in [-0.05, 0) is 35.4 Å². The third-order valence-corrected chi connectivity index (χ3v) is 5.11. The number of carbonyl (C=O) groups excluding carboxylic acids is 1. The summed E-state index contributed by atoms with van der Waals surface area (Å²) in [7, 11) is 0. The standard InChI is InChI=1S/C26H23N3O2/c27-23-15-8-7-14-22(23)25(30)29(19-21-12-5-2-6-13-21)24-16-9-17-28(26(24)31)18-20-10-3-1-4-11-20/h1-17H,18-19,27H2. The lowest BCUT2D eigenvalue weighted by atomic mass is 10.1. The minimum Gasteiger partial charge on any atom is -0.398 e. The highest BCUT2D eigenvalue weighted by atomic mass is 16.2. The lowest BCUT2D eigenvalue weighted by Crippen LogP contribution is -2.37. The molecule has 0 bridgehead atoms. The van der Waals surface area contributed by atoms with Gasteiger partial charge in [-0.25, -0.2) is 0 Å². The molecule has 0 fully saturated rings. The molecule has 4 aromatic rings. The van der Waals surface area contributed by atoms with Crippen molar-refractivity contribution in [1.82, 2.24) is 4.57 Å². The van der Waals surface area contributed by atoms with E-state index >= 15 is 0 Å². The third-order valence-electron chi connectivity index (χ3n) is 5.11. The highest BCUT2D eigenvalue weighted by molar-refractivity contribution is 6.09. The number of para-hydroxylation sites is 1. The van der Waals surface area contributed by atoms with Crippen molar-refractivity contribution in [3.05, 3.63) is 130 Å². The number of benzene rings is 3. The molecule has 0 aliphatic rings. The molecule has 5 heteroatoms. The van der Waals surface area contributed by atoms with E-state index in [9.17, 15) is 9.59 Å². The van der Waals surface area contributed by atoms with E-state index in [1.807, 2.05) is 60.7 Å². The zero-order chi connectivity index (χ0) is 21.6. The maximum Gasteiger partial charge on any atom is 0.274 e. The zero-order valence-electron chi connectivity index (χ0n) is 17.0. The molecule has 3 aromatic carbocycles. The van der Waals surface area contributed by atoms with Gasteiger partial charge in [-0.3, -0.25) is 14.5 Å². The van der Waals surface area contributed by atoms with E-state index in [1.54, 1.807) is 47.2 Å². The van der Waals surface area contributed by atoms with Gasteiger partial charge in [-0.15, -0.1) is 0 Å². The highest BCUT2D eigenvalue weighted by Gasteiger charge is 2.23. The highest BCUT2D eigenvalue weighted by Crippen LogP contribution is 2.20. The van der Waals surface area contributed by atoms with Crippen LogP contribution in [0.2, 0.25) is 0 Å². The molecule has 5 nitrogen and oxygen atoms in total. The van der Waals surface area contributed by atoms with Crippen LogP contribution in [-0.2, 0) is 13.1 Å². The Hall–Kier alpha value is -4.12.